The zero-order valence-electron chi connectivity index (χ0n) is 11.0. The Kier molecular flexibility index (Phi) is 7.17. The lowest BCUT2D eigenvalue weighted by Crippen LogP contribution is -2.35. The topological polar surface area (TPSA) is 20.3 Å². The lowest BCUT2D eigenvalue weighted by Gasteiger charge is -2.22. The van der Waals surface area contributed by atoms with Crippen LogP contribution in [0.5, 0.6) is 0 Å². The van der Waals surface area contributed by atoms with Gasteiger partial charge in [-0.15, -0.1) is 11.6 Å². The number of hydrogen-bond acceptors (Lipinski definition) is 1. The third kappa shape index (κ3) is 5.00. The van der Waals surface area contributed by atoms with Gasteiger partial charge in [0.25, 0.3) is 0 Å². The van der Waals surface area contributed by atoms with Crippen molar-refractivity contribution in [3.05, 3.63) is 34.6 Å². The minimum Gasteiger partial charge on any atom is -0.341 e. The summed E-state index contributed by atoms with van der Waals surface area (Å²) in [5.74, 6) is -0.205. The molecule has 0 bridgehead atoms. The summed E-state index contributed by atoms with van der Waals surface area (Å²) in [6, 6.07) is 4.43. The maximum atomic E-state index is 13.6. The Morgan fingerprint density at radius 1 is 1.37 bits per heavy atom. The van der Waals surface area contributed by atoms with E-state index in [2.05, 4.69) is 6.92 Å². The lowest BCUT2D eigenvalue weighted by atomic mass is 10.1. The van der Waals surface area contributed by atoms with Crippen molar-refractivity contribution in [2.24, 2.45) is 0 Å². The van der Waals surface area contributed by atoms with Crippen LogP contribution in [-0.4, -0.2) is 29.8 Å². The monoisotopic (exact) mass is 305 g/mol. The smallest absolute Gasteiger partial charge is 0.227 e. The largest absolute Gasteiger partial charge is 0.341 e. The van der Waals surface area contributed by atoms with Crippen LogP contribution in [-0.2, 0) is 11.2 Å². The molecular weight excluding hydrogens is 288 g/mol. The van der Waals surface area contributed by atoms with Crippen molar-refractivity contribution in [2.75, 3.05) is 19.0 Å². The highest BCUT2D eigenvalue weighted by molar-refractivity contribution is 6.31. The molecule has 0 saturated heterocycles. The minimum atomic E-state index is -0.442. The summed E-state index contributed by atoms with van der Waals surface area (Å²) in [5.41, 5.74) is 0.255. The molecule has 0 spiro atoms. The lowest BCUT2D eigenvalue weighted by molar-refractivity contribution is -0.130. The van der Waals surface area contributed by atoms with Gasteiger partial charge < -0.3 is 4.90 Å². The van der Waals surface area contributed by atoms with Crippen LogP contribution >= 0.6 is 23.2 Å². The van der Waals surface area contributed by atoms with E-state index < -0.39 is 5.82 Å². The van der Waals surface area contributed by atoms with Crippen molar-refractivity contribution in [3.8, 4) is 0 Å². The third-order valence-electron chi connectivity index (χ3n) is 2.88. The van der Waals surface area contributed by atoms with Crippen LogP contribution in [0.1, 0.15) is 25.3 Å². The van der Waals surface area contributed by atoms with Gasteiger partial charge in [0, 0.05) is 29.6 Å². The van der Waals surface area contributed by atoms with Crippen LogP contribution in [0.3, 0.4) is 0 Å². The Hall–Kier alpha value is -0.800. The number of nitrogens with zero attached hydrogens (tertiary/aromatic N) is 1. The van der Waals surface area contributed by atoms with E-state index >= 15 is 0 Å². The summed E-state index contributed by atoms with van der Waals surface area (Å²) in [6.45, 7) is 3.18. The van der Waals surface area contributed by atoms with E-state index in [0.29, 0.717) is 19.0 Å². The average molecular weight is 306 g/mol. The van der Waals surface area contributed by atoms with Crippen LogP contribution in [0.15, 0.2) is 18.2 Å². The second-order valence-electron chi connectivity index (χ2n) is 4.30. The molecule has 2 nitrogen and oxygen atoms in total. The molecule has 106 valence electrons. The van der Waals surface area contributed by atoms with Crippen molar-refractivity contribution < 1.29 is 9.18 Å². The number of carbonyl (C=O) groups is 1. The SMILES string of the molecule is CCCCN(CCCl)C(=O)Cc1c(F)cccc1Cl. The number of amides is 1. The normalized spacial score (nSPS) is 10.5. The second-order valence-corrected chi connectivity index (χ2v) is 5.09. The second kappa shape index (κ2) is 8.39. The fourth-order valence-corrected chi connectivity index (χ4v) is 2.21. The summed E-state index contributed by atoms with van der Waals surface area (Å²) < 4.78 is 13.6. The molecule has 0 unspecified atom stereocenters. The Labute approximate surface area is 123 Å². The molecule has 0 aromatic heterocycles. The quantitative estimate of drug-likeness (QED) is 0.700. The Balaban J connectivity index is 2.75. The van der Waals surface area contributed by atoms with E-state index in [9.17, 15) is 9.18 Å². The van der Waals surface area contributed by atoms with Crippen molar-refractivity contribution in [1.29, 1.82) is 0 Å². The first-order valence-electron chi connectivity index (χ1n) is 6.36. The molecule has 5 heteroatoms. The highest BCUT2D eigenvalue weighted by Gasteiger charge is 2.17. The molecule has 1 rings (SSSR count). The van der Waals surface area contributed by atoms with E-state index in [1.165, 1.54) is 12.1 Å². The van der Waals surface area contributed by atoms with Crippen LogP contribution in [0.2, 0.25) is 5.02 Å². The number of hydrogen-bond donors (Lipinski definition) is 0. The zero-order valence-corrected chi connectivity index (χ0v) is 12.5. The molecule has 0 aliphatic rings. The fraction of sp³-hybridized carbons (Fsp3) is 0.500. The number of rotatable bonds is 7. The number of carbonyl (C=O) groups excluding carboxylic acids is 1. The molecule has 19 heavy (non-hydrogen) atoms. The molecule has 1 aromatic carbocycles. The first-order valence-corrected chi connectivity index (χ1v) is 7.28. The Morgan fingerprint density at radius 2 is 2.11 bits per heavy atom. The molecule has 0 fully saturated rings. The maximum absolute atomic E-state index is 13.6. The first-order chi connectivity index (χ1) is 9.10. The van der Waals surface area contributed by atoms with E-state index in [0.717, 1.165) is 12.8 Å². The van der Waals surface area contributed by atoms with Gasteiger partial charge in [0.15, 0.2) is 0 Å². The number of alkyl halides is 1. The van der Waals surface area contributed by atoms with Gasteiger partial charge in [0.2, 0.25) is 5.91 Å². The highest BCUT2D eigenvalue weighted by Crippen LogP contribution is 2.20. The van der Waals surface area contributed by atoms with Gasteiger partial charge in [-0.3, -0.25) is 4.79 Å². The van der Waals surface area contributed by atoms with Crippen LogP contribution < -0.4 is 0 Å². The predicted molar refractivity (Wildman–Crippen MR) is 77.3 cm³/mol. The predicted octanol–water partition coefficient (Wildman–Crippen LogP) is 3.89. The molecule has 1 aromatic rings. The van der Waals surface area contributed by atoms with Gasteiger partial charge in [0.1, 0.15) is 5.82 Å². The standard InChI is InChI=1S/C14H18Cl2FNO/c1-2-3-8-18(9-7-15)14(19)10-11-12(16)5-4-6-13(11)17/h4-6H,2-3,7-10H2,1H3. The molecule has 0 aliphatic heterocycles. The summed E-state index contributed by atoms with van der Waals surface area (Å²) in [6.07, 6.45) is 1.88. The average Bonchev–Trinajstić information content (AvgIpc) is 2.38. The van der Waals surface area contributed by atoms with Crippen molar-refractivity contribution in [1.82, 2.24) is 4.90 Å². The number of halogens is 3. The van der Waals surface area contributed by atoms with Gasteiger partial charge >= 0.3 is 0 Å². The molecule has 1 amide bonds. The minimum absolute atomic E-state index is 0.0217. The summed E-state index contributed by atoms with van der Waals surface area (Å²) in [5, 5.41) is 0.287. The van der Waals surface area contributed by atoms with Gasteiger partial charge in [0.05, 0.1) is 6.42 Å². The molecule has 0 radical (unpaired) electrons. The summed E-state index contributed by atoms with van der Waals surface area (Å²) in [7, 11) is 0. The number of unbranched alkanes of at least 4 members (excludes halogenated alkanes) is 1. The van der Waals surface area contributed by atoms with Crippen LogP contribution in [0.25, 0.3) is 0 Å². The van der Waals surface area contributed by atoms with E-state index in [4.69, 9.17) is 23.2 Å². The molecule has 0 heterocycles. The number of benzene rings is 1. The van der Waals surface area contributed by atoms with Gasteiger partial charge in [-0.2, -0.15) is 0 Å². The molecule has 0 N–H and O–H groups in total. The van der Waals surface area contributed by atoms with E-state index in [1.54, 1.807) is 11.0 Å². The van der Waals surface area contributed by atoms with Crippen molar-refractivity contribution in [3.63, 3.8) is 0 Å². The van der Waals surface area contributed by atoms with Crippen molar-refractivity contribution >= 4 is 29.1 Å². The summed E-state index contributed by atoms with van der Waals surface area (Å²) in [4.78, 5) is 13.8. The van der Waals surface area contributed by atoms with E-state index in [1.807, 2.05) is 0 Å². The molecule has 0 atom stereocenters. The maximum Gasteiger partial charge on any atom is 0.227 e. The Morgan fingerprint density at radius 3 is 2.68 bits per heavy atom. The summed E-state index contributed by atoms with van der Waals surface area (Å²) >= 11 is 11.6. The fourth-order valence-electron chi connectivity index (χ4n) is 1.78. The Bertz CT molecular complexity index is 406. The van der Waals surface area contributed by atoms with Gasteiger partial charge in [-0.1, -0.05) is 31.0 Å². The van der Waals surface area contributed by atoms with Gasteiger partial charge in [-0.05, 0) is 18.6 Å². The zero-order chi connectivity index (χ0) is 14.3. The third-order valence-corrected chi connectivity index (χ3v) is 3.40. The van der Waals surface area contributed by atoms with E-state index in [-0.39, 0.29) is 22.9 Å². The van der Waals surface area contributed by atoms with Crippen molar-refractivity contribution in [2.45, 2.75) is 26.2 Å². The molecule has 0 aliphatic carbocycles. The van der Waals surface area contributed by atoms with Crippen LogP contribution in [0, 0.1) is 5.82 Å². The van der Waals surface area contributed by atoms with Crippen LogP contribution in [0.4, 0.5) is 4.39 Å². The first kappa shape index (κ1) is 16.3. The molecular formula is C14H18Cl2FNO. The van der Waals surface area contributed by atoms with Gasteiger partial charge in [-0.25, -0.2) is 4.39 Å². The highest BCUT2D eigenvalue weighted by atomic mass is 35.5. The molecule has 0 saturated carbocycles.